The third kappa shape index (κ3) is 2.22. The van der Waals surface area contributed by atoms with Gasteiger partial charge in [-0.25, -0.2) is 0 Å². The summed E-state index contributed by atoms with van der Waals surface area (Å²) in [5.74, 6) is -0.0642. The molecule has 0 bridgehead atoms. The maximum atomic E-state index is 12.1. The molecular formula is C10H15N5O2. The summed E-state index contributed by atoms with van der Waals surface area (Å²) in [6, 6.07) is 0. The van der Waals surface area contributed by atoms with Gasteiger partial charge in [-0.15, -0.1) is 0 Å². The molecule has 2 rings (SSSR count). The molecule has 2 amide bonds. The third-order valence-electron chi connectivity index (χ3n) is 2.76. The van der Waals surface area contributed by atoms with Gasteiger partial charge in [0.25, 0.3) is 5.91 Å². The summed E-state index contributed by atoms with van der Waals surface area (Å²) in [5.41, 5.74) is 6.09. The number of aryl methyl sites for hydroxylation is 1. The summed E-state index contributed by atoms with van der Waals surface area (Å²) < 4.78 is 1.44. The Morgan fingerprint density at radius 3 is 3.00 bits per heavy atom. The first-order valence-corrected chi connectivity index (χ1v) is 5.43. The normalized spacial score (nSPS) is 16.5. The van der Waals surface area contributed by atoms with Gasteiger partial charge in [0, 0.05) is 20.1 Å². The van der Waals surface area contributed by atoms with Crippen LogP contribution in [0, 0.1) is 0 Å². The van der Waals surface area contributed by atoms with Crippen molar-refractivity contribution in [1.29, 1.82) is 0 Å². The third-order valence-corrected chi connectivity index (χ3v) is 2.76. The van der Waals surface area contributed by atoms with Gasteiger partial charge in [0.15, 0.2) is 0 Å². The molecular weight excluding hydrogens is 222 g/mol. The van der Waals surface area contributed by atoms with E-state index in [1.165, 1.54) is 15.8 Å². The minimum absolute atomic E-state index is 0.0766. The van der Waals surface area contributed by atoms with Crippen molar-refractivity contribution in [2.45, 2.75) is 6.42 Å². The van der Waals surface area contributed by atoms with E-state index < -0.39 is 0 Å². The van der Waals surface area contributed by atoms with Gasteiger partial charge in [-0.1, -0.05) is 0 Å². The number of carbonyl (C=O) groups is 2. The number of hydrogen-bond donors (Lipinski definition) is 2. The second kappa shape index (κ2) is 4.44. The summed E-state index contributed by atoms with van der Waals surface area (Å²) in [7, 11) is 1.67. The monoisotopic (exact) mass is 237 g/mol. The van der Waals surface area contributed by atoms with Crippen LogP contribution in [0.1, 0.15) is 16.8 Å². The number of rotatable bonds is 1. The van der Waals surface area contributed by atoms with E-state index in [1.807, 2.05) is 0 Å². The Labute approximate surface area is 98.6 Å². The zero-order chi connectivity index (χ0) is 12.4. The Hall–Kier alpha value is -2.05. The predicted octanol–water partition coefficient (Wildman–Crippen LogP) is -1.04. The molecule has 92 valence electrons. The molecule has 0 atom stereocenters. The van der Waals surface area contributed by atoms with E-state index in [1.54, 1.807) is 7.05 Å². The average Bonchev–Trinajstić information content (AvgIpc) is 2.53. The minimum atomic E-state index is -0.243. The standard InChI is InChI=1S/C10H15N5O2/c1-14-9(11)7(5-13-14)10(17)15-4-2-3-12-8(16)6-15/h5H,2-4,6,11H2,1H3,(H,12,16). The molecule has 17 heavy (non-hydrogen) atoms. The molecule has 1 aliphatic rings. The highest BCUT2D eigenvalue weighted by Crippen LogP contribution is 2.13. The van der Waals surface area contributed by atoms with Gasteiger partial charge in [-0.05, 0) is 6.42 Å². The molecule has 0 aromatic carbocycles. The molecule has 3 N–H and O–H groups in total. The fraction of sp³-hybridized carbons (Fsp3) is 0.500. The summed E-state index contributed by atoms with van der Waals surface area (Å²) in [4.78, 5) is 25.0. The van der Waals surface area contributed by atoms with Crippen LogP contribution in [0.5, 0.6) is 0 Å². The number of nitrogens with one attached hydrogen (secondary N) is 1. The lowest BCUT2D eigenvalue weighted by atomic mass is 10.2. The Morgan fingerprint density at radius 1 is 1.59 bits per heavy atom. The van der Waals surface area contributed by atoms with Gasteiger partial charge < -0.3 is 16.0 Å². The van der Waals surface area contributed by atoms with Crippen LogP contribution in [0.15, 0.2) is 6.20 Å². The Morgan fingerprint density at radius 2 is 2.35 bits per heavy atom. The number of hydrogen-bond acceptors (Lipinski definition) is 4. The van der Waals surface area contributed by atoms with Crippen molar-refractivity contribution in [1.82, 2.24) is 20.0 Å². The van der Waals surface area contributed by atoms with Crippen molar-refractivity contribution in [2.24, 2.45) is 7.05 Å². The fourth-order valence-corrected chi connectivity index (χ4v) is 1.76. The van der Waals surface area contributed by atoms with Crippen LogP contribution in [0.2, 0.25) is 0 Å². The van der Waals surface area contributed by atoms with E-state index in [0.717, 1.165) is 6.42 Å². The number of nitrogens with two attached hydrogens (primary N) is 1. The molecule has 1 fully saturated rings. The Balaban J connectivity index is 2.19. The number of aromatic nitrogens is 2. The predicted molar refractivity (Wildman–Crippen MR) is 61.2 cm³/mol. The molecule has 0 aliphatic carbocycles. The largest absolute Gasteiger partial charge is 0.383 e. The Kier molecular flexibility index (Phi) is 2.99. The molecule has 7 nitrogen and oxygen atoms in total. The van der Waals surface area contributed by atoms with Crippen molar-refractivity contribution in [2.75, 3.05) is 25.4 Å². The number of anilines is 1. The van der Waals surface area contributed by atoms with E-state index in [-0.39, 0.29) is 18.4 Å². The smallest absolute Gasteiger partial charge is 0.259 e. The zero-order valence-corrected chi connectivity index (χ0v) is 9.64. The topological polar surface area (TPSA) is 93.2 Å². The van der Waals surface area contributed by atoms with Crippen molar-refractivity contribution in [3.63, 3.8) is 0 Å². The van der Waals surface area contributed by atoms with Gasteiger partial charge in [-0.3, -0.25) is 14.3 Å². The average molecular weight is 237 g/mol. The van der Waals surface area contributed by atoms with Crippen LogP contribution < -0.4 is 11.1 Å². The maximum absolute atomic E-state index is 12.1. The molecule has 0 unspecified atom stereocenters. The van der Waals surface area contributed by atoms with Gasteiger partial charge in [0.2, 0.25) is 5.91 Å². The molecule has 0 radical (unpaired) electrons. The highest BCUT2D eigenvalue weighted by Gasteiger charge is 2.23. The van der Waals surface area contributed by atoms with E-state index >= 15 is 0 Å². The van der Waals surface area contributed by atoms with Crippen molar-refractivity contribution in [3.05, 3.63) is 11.8 Å². The summed E-state index contributed by atoms with van der Waals surface area (Å²) in [6.07, 6.45) is 2.18. The van der Waals surface area contributed by atoms with Crippen LogP contribution in [-0.2, 0) is 11.8 Å². The fourth-order valence-electron chi connectivity index (χ4n) is 1.76. The van der Waals surface area contributed by atoms with E-state index in [2.05, 4.69) is 10.4 Å². The summed E-state index contributed by atoms with van der Waals surface area (Å²) in [6.45, 7) is 1.23. The number of amides is 2. The van der Waals surface area contributed by atoms with Gasteiger partial charge >= 0.3 is 0 Å². The van der Waals surface area contributed by atoms with Crippen LogP contribution in [-0.4, -0.2) is 46.1 Å². The lowest BCUT2D eigenvalue weighted by molar-refractivity contribution is -0.121. The second-order valence-electron chi connectivity index (χ2n) is 4.00. The molecule has 2 heterocycles. The lowest BCUT2D eigenvalue weighted by Crippen LogP contribution is -2.37. The quantitative estimate of drug-likeness (QED) is 0.652. The highest BCUT2D eigenvalue weighted by atomic mass is 16.2. The zero-order valence-electron chi connectivity index (χ0n) is 9.64. The SMILES string of the molecule is Cn1ncc(C(=O)N2CCCNC(=O)C2)c1N. The van der Waals surface area contributed by atoms with Crippen molar-refractivity contribution < 1.29 is 9.59 Å². The van der Waals surface area contributed by atoms with Crippen molar-refractivity contribution >= 4 is 17.6 Å². The van der Waals surface area contributed by atoms with Crippen LogP contribution in [0.25, 0.3) is 0 Å². The second-order valence-corrected chi connectivity index (χ2v) is 4.00. The number of nitrogens with zero attached hydrogens (tertiary/aromatic N) is 3. The highest BCUT2D eigenvalue weighted by molar-refractivity contribution is 6.00. The number of carbonyl (C=O) groups excluding carboxylic acids is 2. The molecule has 1 saturated heterocycles. The summed E-state index contributed by atoms with van der Waals surface area (Å²) in [5, 5.41) is 6.63. The Bertz CT molecular complexity index is 454. The summed E-state index contributed by atoms with van der Waals surface area (Å²) >= 11 is 0. The van der Waals surface area contributed by atoms with Gasteiger partial charge in [0.1, 0.15) is 11.4 Å². The molecule has 1 aliphatic heterocycles. The lowest BCUT2D eigenvalue weighted by Gasteiger charge is -2.18. The van der Waals surface area contributed by atoms with Crippen LogP contribution >= 0.6 is 0 Å². The number of nitrogen functional groups attached to an aromatic ring is 1. The molecule has 7 heteroatoms. The van der Waals surface area contributed by atoms with Crippen LogP contribution in [0.3, 0.4) is 0 Å². The van der Waals surface area contributed by atoms with Gasteiger partial charge in [0.05, 0.1) is 12.7 Å². The first kappa shape index (κ1) is 11.4. The van der Waals surface area contributed by atoms with E-state index in [9.17, 15) is 9.59 Å². The maximum Gasteiger partial charge on any atom is 0.259 e. The van der Waals surface area contributed by atoms with E-state index in [4.69, 9.17) is 5.73 Å². The first-order chi connectivity index (χ1) is 8.09. The molecule has 0 spiro atoms. The molecule has 0 saturated carbocycles. The van der Waals surface area contributed by atoms with E-state index in [0.29, 0.717) is 24.5 Å². The first-order valence-electron chi connectivity index (χ1n) is 5.43. The van der Waals surface area contributed by atoms with Gasteiger partial charge in [-0.2, -0.15) is 5.10 Å². The van der Waals surface area contributed by atoms with Crippen LogP contribution in [0.4, 0.5) is 5.82 Å². The minimum Gasteiger partial charge on any atom is -0.383 e. The molecule has 1 aromatic rings. The molecule has 1 aromatic heterocycles. The van der Waals surface area contributed by atoms with Crippen molar-refractivity contribution in [3.8, 4) is 0 Å².